The van der Waals surface area contributed by atoms with E-state index in [4.69, 9.17) is 4.74 Å². The first-order valence-electron chi connectivity index (χ1n) is 9.25. The lowest BCUT2D eigenvalue weighted by Gasteiger charge is -2.28. The number of anilines is 3. The molecule has 0 radical (unpaired) electrons. The average Bonchev–Trinajstić information content (AvgIpc) is 3.47. The van der Waals surface area contributed by atoms with E-state index in [0.29, 0.717) is 4.88 Å². The molecule has 2 amide bonds. The van der Waals surface area contributed by atoms with Crippen LogP contribution in [0.2, 0.25) is 0 Å². The van der Waals surface area contributed by atoms with Gasteiger partial charge in [-0.25, -0.2) is 0 Å². The summed E-state index contributed by atoms with van der Waals surface area (Å²) in [5.41, 5.74) is 2.76. The lowest BCUT2D eigenvalue weighted by atomic mass is 10.2. The Labute approximate surface area is 162 Å². The smallest absolute Gasteiger partial charge is 0.266 e. The van der Waals surface area contributed by atoms with Gasteiger partial charge in [-0.1, -0.05) is 0 Å². The maximum absolute atomic E-state index is 12.6. The number of hydrogen-bond acceptors (Lipinski definition) is 5. The normalized spacial score (nSPS) is 16.9. The Bertz CT molecular complexity index is 837. The third-order valence-corrected chi connectivity index (χ3v) is 5.97. The summed E-state index contributed by atoms with van der Waals surface area (Å²) in [6.07, 6.45) is 1.92. The highest BCUT2D eigenvalue weighted by molar-refractivity contribution is 7.18. The Morgan fingerprint density at radius 1 is 1.11 bits per heavy atom. The molecule has 2 aromatic rings. The third-order valence-electron chi connectivity index (χ3n) is 4.82. The summed E-state index contributed by atoms with van der Waals surface area (Å²) in [6, 6.07) is 9.73. The lowest BCUT2D eigenvalue weighted by Crippen LogP contribution is -2.36. The zero-order valence-corrected chi connectivity index (χ0v) is 16.1. The van der Waals surface area contributed by atoms with Gasteiger partial charge < -0.3 is 20.3 Å². The van der Waals surface area contributed by atoms with Gasteiger partial charge in [-0.15, -0.1) is 11.3 Å². The zero-order valence-electron chi connectivity index (χ0n) is 15.3. The molecule has 0 unspecified atom stereocenters. The highest BCUT2D eigenvalue weighted by atomic mass is 32.1. The molecule has 0 bridgehead atoms. The monoisotopic (exact) mass is 385 g/mol. The van der Waals surface area contributed by atoms with E-state index in [0.717, 1.165) is 61.1 Å². The summed E-state index contributed by atoms with van der Waals surface area (Å²) in [7, 11) is 0. The van der Waals surface area contributed by atoms with Gasteiger partial charge in [0.25, 0.3) is 5.91 Å². The van der Waals surface area contributed by atoms with Gasteiger partial charge in [-0.3, -0.25) is 9.59 Å². The minimum atomic E-state index is -0.149. The molecule has 6 nitrogen and oxygen atoms in total. The standard InChI is InChI=1S/C20H23N3O3S/c1-13-12-17(22-19(24)14-2-3-14)27-18(13)20(25)21-15-4-6-16(7-5-15)23-8-10-26-11-9-23/h4-7,12,14H,2-3,8-11H2,1H3,(H,21,25)(H,22,24). The fourth-order valence-corrected chi connectivity index (χ4v) is 4.07. The Morgan fingerprint density at radius 2 is 1.81 bits per heavy atom. The van der Waals surface area contributed by atoms with E-state index in [1.807, 2.05) is 37.3 Å². The summed E-state index contributed by atoms with van der Waals surface area (Å²) in [5, 5.41) is 6.59. The van der Waals surface area contributed by atoms with Crippen LogP contribution in [0.1, 0.15) is 28.1 Å². The number of thiophene rings is 1. The number of ether oxygens (including phenoxy) is 1. The van der Waals surface area contributed by atoms with Crippen molar-refractivity contribution in [3.63, 3.8) is 0 Å². The molecule has 142 valence electrons. The third kappa shape index (κ3) is 4.31. The average molecular weight is 385 g/mol. The maximum atomic E-state index is 12.6. The SMILES string of the molecule is Cc1cc(NC(=O)C2CC2)sc1C(=O)Nc1ccc(N2CCOCC2)cc1. The molecule has 0 spiro atoms. The van der Waals surface area contributed by atoms with Crippen molar-refractivity contribution in [2.75, 3.05) is 41.8 Å². The molecule has 0 atom stereocenters. The van der Waals surface area contributed by atoms with Crippen LogP contribution >= 0.6 is 11.3 Å². The number of amides is 2. The molecule has 2 heterocycles. The van der Waals surface area contributed by atoms with E-state index in [2.05, 4.69) is 15.5 Å². The fourth-order valence-electron chi connectivity index (χ4n) is 3.10. The molecule has 1 aliphatic carbocycles. The van der Waals surface area contributed by atoms with Crippen molar-refractivity contribution in [1.82, 2.24) is 0 Å². The van der Waals surface area contributed by atoms with Crippen molar-refractivity contribution in [1.29, 1.82) is 0 Å². The highest BCUT2D eigenvalue weighted by Gasteiger charge is 2.30. The van der Waals surface area contributed by atoms with Gasteiger partial charge in [-0.05, 0) is 55.7 Å². The van der Waals surface area contributed by atoms with E-state index in [9.17, 15) is 9.59 Å². The predicted molar refractivity (Wildman–Crippen MR) is 108 cm³/mol. The molecule has 1 aliphatic heterocycles. The second-order valence-electron chi connectivity index (χ2n) is 6.99. The summed E-state index contributed by atoms with van der Waals surface area (Å²) in [6.45, 7) is 5.15. The number of rotatable bonds is 5. The molecule has 7 heteroatoms. The summed E-state index contributed by atoms with van der Waals surface area (Å²) < 4.78 is 5.38. The number of benzene rings is 1. The van der Waals surface area contributed by atoms with Gasteiger partial charge in [0.2, 0.25) is 5.91 Å². The van der Waals surface area contributed by atoms with Crippen LogP contribution < -0.4 is 15.5 Å². The Hall–Kier alpha value is -2.38. The van der Waals surface area contributed by atoms with E-state index in [1.54, 1.807) is 0 Å². The number of carbonyl (C=O) groups excluding carboxylic acids is 2. The van der Waals surface area contributed by atoms with Gasteiger partial charge >= 0.3 is 0 Å². The molecular weight excluding hydrogens is 362 g/mol. The lowest BCUT2D eigenvalue weighted by molar-refractivity contribution is -0.117. The van der Waals surface area contributed by atoms with Crippen LogP contribution in [0.5, 0.6) is 0 Å². The fraction of sp³-hybridized carbons (Fsp3) is 0.400. The molecular formula is C20H23N3O3S. The van der Waals surface area contributed by atoms with Crippen LogP contribution in [0.25, 0.3) is 0 Å². The van der Waals surface area contributed by atoms with E-state index < -0.39 is 0 Å². The summed E-state index contributed by atoms with van der Waals surface area (Å²) in [5.74, 6) is 0.0557. The first-order valence-corrected chi connectivity index (χ1v) is 10.1. The molecule has 1 aromatic heterocycles. The van der Waals surface area contributed by atoms with E-state index in [-0.39, 0.29) is 17.7 Å². The van der Waals surface area contributed by atoms with Crippen LogP contribution in [0.15, 0.2) is 30.3 Å². The number of nitrogens with zero attached hydrogens (tertiary/aromatic N) is 1. The first kappa shape index (κ1) is 18.0. The van der Waals surface area contributed by atoms with Crippen LogP contribution in [0, 0.1) is 12.8 Å². The first-order chi connectivity index (χ1) is 13.1. The Morgan fingerprint density at radius 3 is 2.48 bits per heavy atom. The van der Waals surface area contributed by atoms with E-state index in [1.165, 1.54) is 11.3 Å². The van der Waals surface area contributed by atoms with Crippen LogP contribution in [-0.4, -0.2) is 38.1 Å². The summed E-state index contributed by atoms with van der Waals surface area (Å²) in [4.78, 5) is 27.4. The highest BCUT2D eigenvalue weighted by Crippen LogP contribution is 2.33. The van der Waals surface area contributed by atoms with Crippen molar-refractivity contribution >= 4 is 39.5 Å². The number of carbonyl (C=O) groups is 2. The molecule has 2 aliphatic rings. The maximum Gasteiger partial charge on any atom is 0.266 e. The number of hydrogen-bond donors (Lipinski definition) is 2. The zero-order chi connectivity index (χ0) is 18.8. The Balaban J connectivity index is 1.39. The van der Waals surface area contributed by atoms with Crippen LogP contribution in [0.4, 0.5) is 16.4 Å². The summed E-state index contributed by atoms with van der Waals surface area (Å²) >= 11 is 1.32. The van der Waals surface area contributed by atoms with E-state index >= 15 is 0 Å². The number of aryl methyl sites for hydroxylation is 1. The molecule has 2 N–H and O–H groups in total. The number of morpholine rings is 1. The Kier molecular flexibility index (Phi) is 5.13. The van der Waals surface area contributed by atoms with Crippen LogP contribution in [0.3, 0.4) is 0 Å². The number of nitrogens with one attached hydrogen (secondary N) is 2. The molecule has 1 saturated heterocycles. The van der Waals surface area contributed by atoms with Crippen molar-refractivity contribution in [3.05, 3.63) is 40.8 Å². The molecule has 1 saturated carbocycles. The minimum Gasteiger partial charge on any atom is -0.378 e. The molecule has 1 aromatic carbocycles. The van der Waals surface area contributed by atoms with Crippen molar-refractivity contribution < 1.29 is 14.3 Å². The largest absolute Gasteiger partial charge is 0.378 e. The van der Waals surface area contributed by atoms with Gasteiger partial charge in [0, 0.05) is 30.4 Å². The van der Waals surface area contributed by atoms with Gasteiger partial charge in [0.05, 0.1) is 23.1 Å². The van der Waals surface area contributed by atoms with Crippen molar-refractivity contribution in [2.24, 2.45) is 5.92 Å². The van der Waals surface area contributed by atoms with Crippen LogP contribution in [-0.2, 0) is 9.53 Å². The topological polar surface area (TPSA) is 70.7 Å². The second kappa shape index (κ2) is 7.70. The van der Waals surface area contributed by atoms with Crippen molar-refractivity contribution in [2.45, 2.75) is 19.8 Å². The van der Waals surface area contributed by atoms with Gasteiger partial charge in [-0.2, -0.15) is 0 Å². The molecule has 4 rings (SSSR count). The predicted octanol–water partition coefficient (Wildman–Crippen LogP) is 3.49. The molecule has 2 fully saturated rings. The molecule has 27 heavy (non-hydrogen) atoms. The van der Waals surface area contributed by atoms with Gasteiger partial charge in [0.15, 0.2) is 0 Å². The van der Waals surface area contributed by atoms with Crippen molar-refractivity contribution in [3.8, 4) is 0 Å². The quantitative estimate of drug-likeness (QED) is 0.827. The second-order valence-corrected chi connectivity index (χ2v) is 8.04. The minimum absolute atomic E-state index is 0.0573. The van der Waals surface area contributed by atoms with Gasteiger partial charge in [0.1, 0.15) is 0 Å².